The topological polar surface area (TPSA) is 115 Å². The van der Waals surface area contributed by atoms with Crippen LogP contribution in [-0.2, 0) is 10.0 Å². The summed E-state index contributed by atoms with van der Waals surface area (Å²) in [5.41, 5.74) is 0.628. The molecule has 0 atom stereocenters. The molecule has 0 radical (unpaired) electrons. The molecular weight excluding hydrogens is 438 g/mol. The first-order valence-corrected chi connectivity index (χ1v) is 11.9. The van der Waals surface area contributed by atoms with E-state index in [4.69, 9.17) is 16.9 Å². The van der Waals surface area contributed by atoms with Crippen molar-refractivity contribution in [3.05, 3.63) is 52.7 Å². The number of pyridine rings is 1. The second-order valence-electron chi connectivity index (χ2n) is 7.16. The molecule has 3 rings (SSSR count). The monoisotopic (exact) mass is 461 g/mol. The molecule has 2 aromatic rings. The number of sulfonamides is 1. The molecule has 1 aliphatic rings. The fourth-order valence-corrected chi connectivity index (χ4v) is 5.38. The van der Waals surface area contributed by atoms with E-state index in [1.807, 2.05) is 6.07 Å². The summed E-state index contributed by atoms with van der Waals surface area (Å²) in [7, 11) is -3.77. The van der Waals surface area contributed by atoms with Crippen LogP contribution in [0.15, 0.2) is 41.4 Å². The fourth-order valence-electron chi connectivity index (χ4n) is 3.36. The summed E-state index contributed by atoms with van der Waals surface area (Å²) in [6, 6.07) is 9.63. The highest BCUT2D eigenvalue weighted by Gasteiger charge is 2.28. The Morgan fingerprint density at radius 3 is 2.61 bits per heavy atom. The molecule has 1 saturated heterocycles. The van der Waals surface area contributed by atoms with Crippen LogP contribution >= 0.6 is 11.6 Å². The maximum atomic E-state index is 13.1. The van der Waals surface area contributed by atoms with Crippen molar-refractivity contribution in [1.82, 2.24) is 14.6 Å². The first kappa shape index (κ1) is 23.0. The molecule has 10 heteroatoms. The molecule has 0 aliphatic carbocycles. The summed E-state index contributed by atoms with van der Waals surface area (Å²) >= 11 is 6.19. The number of rotatable bonds is 7. The summed E-state index contributed by atoms with van der Waals surface area (Å²) in [5.74, 6) is 0.0314. The van der Waals surface area contributed by atoms with Gasteiger partial charge in [0.25, 0.3) is 5.91 Å². The fraction of sp³-hybridized carbons (Fsp3) is 0.381. The summed E-state index contributed by atoms with van der Waals surface area (Å²) in [6.45, 7) is 1.53. The lowest BCUT2D eigenvalue weighted by molar-refractivity contribution is 0.0955. The van der Waals surface area contributed by atoms with E-state index in [9.17, 15) is 13.2 Å². The lowest BCUT2D eigenvalue weighted by Crippen LogP contribution is -2.33. The Labute approximate surface area is 187 Å². The van der Waals surface area contributed by atoms with Gasteiger partial charge in [-0.05, 0) is 43.2 Å². The third-order valence-corrected chi connectivity index (χ3v) is 7.39. The number of nitrogens with one attached hydrogen (secondary N) is 2. The SMILES string of the molecule is N#Cc1cccnc1NCCNC(=O)c1ccc(Cl)c(S(=O)(=O)N2CCCCCC2)c1. The van der Waals surface area contributed by atoms with E-state index < -0.39 is 15.9 Å². The van der Waals surface area contributed by atoms with Crippen LogP contribution in [0.4, 0.5) is 5.82 Å². The third-order valence-electron chi connectivity index (χ3n) is 5.01. The van der Waals surface area contributed by atoms with Crippen LogP contribution in [0.3, 0.4) is 0 Å². The van der Waals surface area contributed by atoms with Gasteiger partial charge in [0, 0.05) is 37.9 Å². The average molecular weight is 462 g/mol. The largest absolute Gasteiger partial charge is 0.367 e. The molecular formula is C21H24ClN5O3S. The normalized spacial score (nSPS) is 15.0. The van der Waals surface area contributed by atoms with Gasteiger partial charge in [-0.15, -0.1) is 0 Å². The van der Waals surface area contributed by atoms with Crippen LogP contribution in [0.1, 0.15) is 41.6 Å². The summed E-state index contributed by atoms with van der Waals surface area (Å²) in [4.78, 5) is 16.6. The van der Waals surface area contributed by atoms with E-state index >= 15 is 0 Å². The number of nitrogens with zero attached hydrogens (tertiary/aromatic N) is 3. The molecule has 0 bridgehead atoms. The Balaban J connectivity index is 1.65. The third kappa shape index (κ3) is 5.73. The minimum atomic E-state index is -3.77. The van der Waals surface area contributed by atoms with Crippen LogP contribution in [0.5, 0.6) is 0 Å². The van der Waals surface area contributed by atoms with Crippen LogP contribution in [0, 0.1) is 11.3 Å². The molecule has 2 N–H and O–H groups in total. The summed E-state index contributed by atoms with van der Waals surface area (Å²) < 4.78 is 27.6. The van der Waals surface area contributed by atoms with Crippen molar-refractivity contribution >= 4 is 33.3 Å². The molecule has 0 spiro atoms. The van der Waals surface area contributed by atoms with Gasteiger partial charge in [0.2, 0.25) is 10.0 Å². The van der Waals surface area contributed by atoms with Gasteiger partial charge in [0.05, 0.1) is 10.6 Å². The molecule has 31 heavy (non-hydrogen) atoms. The zero-order valence-electron chi connectivity index (χ0n) is 17.0. The number of aromatic nitrogens is 1. The number of carbonyl (C=O) groups is 1. The number of halogens is 1. The van der Waals surface area contributed by atoms with Gasteiger partial charge in [-0.2, -0.15) is 9.57 Å². The van der Waals surface area contributed by atoms with Gasteiger partial charge in [0.15, 0.2) is 0 Å². The molecule has 0 unspecified atom stereocenters. The molecule has 1 amide bonds. The number of nitriles is 1. The lowest BCUT2D eigenvalue weighted by atomic mass is 10.2. The van der Waals surface area contributed by atoms with Crippen LogP contribution in [0.2, 0.25) is 5.02 Å². The first-order chi connectivity index (χ1) is 14.9. The second kappa shape index (κ2) is 10.6. The predicted octanol–water partition coefficient (Wildman–Crippen LogP) is 3.01. The molecule has 164 valence electrons. The number of carbonyl (C=O) groups excluding carboxylic acids is 1. The van der Waals surface area contributed by atoms with Crippen LogP contribution in [-0.4, -0.2) is 49.8 Å². The van der Waals surface area contributed by atoms with Crippen molar-refractivity contribution < 1.29 is 13.2 Å². The van der Waals surface area contributed by atoms with Crippen molar-refractivity contribution in [2.24, 2.45) is 0 Å². The van der Waals surface area contributed by atoms with Gasteiger partial charge in [0.1, 0.15) is 16.8 Å². The van der Waals surface area contributed by atoms with Crippen molar-refractivity contribution in [2.75, 3.05) is 31.5 Å². The molecule has 0 saturated carbocycles. The smallest absolute Gasteiger partial charge is 0.251 e. The Morgan fingerprint density at radius 2 is 1.90 bits per heavy atom. The number of amides is 1. The van der Waals surface area contributed by atoms with Crippen molar-refractivity contribution in [1.29, 1.82) is 5.26 Å². The predicted molar refractivity (Wildman–Crippen MR) is 118 cm³/mol. The Bertz CT molecular complexity index is 1080. The molecule has 1 aromatic heterocycles. The average Bonchev–Trinajstić information content (AvgIpc) is 3.07. The van der Waals surface area contributed by atoms with Gasteiger partial charge < -0.3 is 10.6 Å². The highest BCUT2D eigenvalue weighted by atomic mass is 35.5. The molecule has 1 fully saturated rings. The molecule has 2 heterocycles. The zero-order chi connectivity index (χ0) is 22.3. The zero-order valence-corrected chi connectivity index (χ0v) is 18.5. The Kier molecular flexibility index (Phi) is 7.85. The van der Waals surface area contributed by atoms with Gasteiger partial charge in [-0.1, -0.05) is 24.4 Å². The standard InChI is InChI=1S/C21H24ClN5O3S/c22-18-8-7-16(14-19(18)31(29,30)27-12-3-1-2-4-13-27)21(28)26-11-10-25-20-17(15-23)6-5-9-24-20/h5-9,14H,1-4,10-13H2,(H,24,25)(H,26,28). The Hall–Kier alpha value is -2.67. The van der Waals surface area contributed by atoms with Gasteiger partial charge in [-0.3, -0.25) is 4.79 Å². The summed E-state index contributed by atoms with van der Waals surface area (Å²) in [5, 5.41) is 14.9. The van der Waals surface area contributed by atoms with Gasteiger partial charge in [-0.25, -0.2) is 13.4 Å². The maximum absolute atomic E-state index is 13.1. The minimum Gasteiger partial charge on any atom is -0.367 e. The number of anilines is 1. The molecule has 8 nitrogen and oxygen atoms in total. The highest BCUT2D eigenvalue weighted by molar-refractivity contribution is 7.89. The van der Waals surface area contributed by atoms with Crippen molar-refractivity contribution in [3.8, 4) is 6.07 Å². The van der Waals surface area contributed by atoms with Crippen molar-refractivity contribution in [2.45, 2.75) is 30.6 Å². The van der Waals surface area contributed by atoms with E-state index in [2.05, 4.69) is 15.6 Å². The van der Waals surface area contributed by atoms with Gasteiger partial charge >= 0.3 is 0 Å². The number of benzene rings is 1. The number of hydrogen-bond acceptors (Lipinski definition) is 6. The molecule has 1 aromatic carbocycles. The van der Waals surface area contributed by atoms with E-state index in [-0.39, 0.29) is 22.0 Å². The maximum Gasteiger partial charge on any atom is 0.251 e. The minimum absolute atomic E-state index is 0.0472. The van der Waals surface area contributed by atoms with Crippen LogP contribution in [0.25, 0.3) is 0 Å². The van der Waals surface area contributed by atoms with E-state index in [1.165, 1.54) is 22.5 Å². The molecule has 1 aliphatic heterocycles. The lowest BCUT2D eigenvalue weighted by Gasteiger charge is -2.21. The first-order valence-electron chi connectivity index (χ1n) is 10.1. The Morgan fingerprint density at radius 1 is 1.16 bits per heavy atom. The van der Waals surface area contributed by atoms with Crippen LogP contribution < -0.4 is 10.6 Å². The number of hydrogen-bond donors (Lipinski definition) is 2. The highest BCUT2D eigenvalue weighted by Crippen LogP contribution is 2.27. The summed E-state index contributed by atoms with van der Waals surface area (Å²) in [6.07, 6.45) is 5.21. The quantitative estimate of drug-likeness (QED) is 0.612. The second-order valence-corrected chi connectivity index (χ2v) is 9.47. The van der Waals surface area contributed by atoms with E-state index in [0.29, 0.717) is 31.0 Å². The van der Waals surface area contributed by atoms with E-state index in [1.54, 1.807) is 18.3 Å². The van der Waals surface area contributed by atoms with E-state index in [0.717, 1.165) is 25.7 Å². The van der Waals surface area contributed by atoms with Crippen molar-refractivity contribution in [3.63, 3.8) is 0 Å².